The number of rotatable bonds is 3. The molecular weight excluding hydrogens is 343 g/mol. The normalized spacial score (nSPS) is 12.3. The molecule has 5 nitrogen and oxygen atoms in total. The van der Waals surface area contributed by atoms with Gasteiger partial charge in [-0.3, -0.25) is 4.57 Å². The molecule has 2 rings (SSSR count). The highest BCUT2D eigenvalue weighted by atomic mass is 79.9. The topological polar surface area (TPSA) is 61.2 Å². The Bertz CT molecular complexity index is 756. The first-order valence-corrected chi connectivity index (χ1v) is 6.65. The smallest absolute Gasteiger partial charge is 0.373 e. The number of aryl methyl sites for hydroxylation is 2. The fourth-order valence-electron chi connectivity index (χ4n) is 1.80. The summed E-state index contributed by atoms with van der Waals surface area (Å²) in [5.41, 5.74) is 0.568. The molecule has 0 aliphatic rings. The van der Waals surface area contributed by atoms with Gasteiger partial charge < -0.3 is 4.74 Å². The number of aromatic nitrogens is 2. The number of benzene rings is 1. The minimum atomic E-state index is -2.62. The van der Waals surface area contributed by atoms with Crippen LogP contribution in [0.4, 0.5) is 4.39 Å². The predicted octanol–water partition coefficient (Wildman–Crippen LogP) is 3.07. The number of methoxy groups -OCH3 is 1. The van der Waals surface area contributed by atoms with Gasteiger partial charge in [0.05, 0.1) is 22.5 Å². The number of ether oxygens (including phenoxy) is 1. The Balaban J connectivity index is 0.000000891. The second-order valence-corrected chi connectivity index (χ2v) is 4.81. The lowest BCUT2D eigenvalue weighted by molar-refractivity contribution is -0.191. The Hall–Kier alpha value is -1.98. The first kappa shape index (κ1) is 12.7. The zero-order valence-electron chi connectivity index (χ0n) is 14.3. The third-order valence-corrected chi connectivity index (χ3v) is 3.13. The maximum Gasteiger partial charge on any atom is 0.373 e. The SMILES string of the molecule is O=C=O.[2H]C([2H])([2H])Oc1cc(Br)ccc1-n1c(CC)nc(C)c1F. The van der Waals surface area contributed by atoms with Crippen LogP contribution in [0, 0.1) is 12.9 Å². The van der Waals surface area contributed by atoms with Gasteiger partial charge in [0.2, 0.25) is 5.95 Å². The van der Waals surface area contributed by atoms with Crippen LogP contribution < -0.4 is 4.74 Å². The molecule has 1 heterocycles. The van der Waals surface area contributed by atoms with Gasteiger partial charge in [0, 0.05) is 10.9 Å². The van der Waals surface area contributed by atoms with E-state index >= 15 is 0 Å². The zero-order chi connectivity index (χ0) is 18.5. The summed E-state index contributed by atoms with van der Waals surface area (Å²) in [6, 6.07) is 4.78. The molecule has 0 saturated carbocycles. The molecule has 0 spiro atoms. The minimum absolute atomic E-state index is 0.0652. The lowest BCUT2D eigenvalue weighted by Crippen LogP contribution is -2.05. The van der Waals surface area contributed by atoms with Crippen LogP contribution >= 0.6 is 15.9 Å². The van der Waals surface area contributed by atoms with Crippen LogP contribution in [0.1, 0.15) is 22.6 Å². The molecule has 0 amide bonds. The van der Waals surface area contributed by atoms with Gasteiger partial charge in [-0.1, -0.05) is 22.9 Å². The van der Waals surface area contributed by atoms with Gasteiger partial charge in [-0.15, -0.1) is 0 Å². The Labute approximate surface area is 134 Å². The summed E-state index contributed by atoms with van der Waals surface area (Å²) in [6.07, 6.45) is 0.758. The summed E-state index contributed by atoms with van der Waals surface area (Å²) in [4.78, 5) is 20.4. The second-order valence-electron chi connectivity index (χ2n) is 3.89. The van der Waals surface area contributed by atoms with Crippen molar-refractivity contribution in [3.63, 3.8) is 0 Å². The van der Waals surface area contributed by atoms with Crippen molar-refractivity contribution in [2.45, 2.75) is 20.3 Å². The summed E-state index contributed by atoms with van der Waals surface area (Å²) in [5.74, 6) is 0.0441. The molecule has 0 unspecified atom stereocenters. The molecule has 0 N–H and O–H groups in total. The van der Waals surface area contributed by atoms with Crippen LogP contribution in [0.5, 0.6) is 5.75 Å². The summed E-state index contributed by atoms with van der Waals surface area (Å²) in [5, 5.41) is 0. The lowest BCUT2D eigenvalue weighted by atomic mass is 10.2. The summed E-state index contributed by atoms with van der Waals surface area (Å²) in [6.45, 7) is 3.41. The van der Waals surface area contributed by atoms with E-state index in [1.165, 1.54) is 10.6 Å². The molecule has 0 radical (unpaired) electrons. The minimum Gasteiger partial charge on any atom is -0.495 e. The molecule has 1 aromatic heterocycles. The van der Waals surface area contributed by atoms with E-state index in [0.29, 0.717) is 22.4 Å². The van der Waals surface area contributed by atoms with Crippen molar-refractivity contribution in [2.24, 2.45) is 0 Å². The molecule has 0 saturated heterocycles. The van der Waals surface area contributed by atoms with Gasteiger partial charge in [-0.05, 0) is 25.1 Å². The van der Waals surface area contributed by atoms with Crippen molar-refractivity contribution in [2.75, 3.05) is 7.04 Å². The molecule has 0 bridgehead atoms. The fourth-order valence-corrected chi connectivity index (χ4v) is 2.14. The standard InChI is InChI=1S/C13H14BrFN2O.CO2/c1-4-12-16-8(2)13(15)17(12)10-6-5-9(14)7-11(10)18-3;2-1-3/h5-7H,4H2,1-3H3;/i3D3;. The average Bonchev–Trinajstić information content (AvgIpc) is 2.74. The number of nitrogens with zero attached hydrogens (tertiary/aromatic N) is 2. The van der Waals surface area contributed by atoms with Gasteiger partial charge >= 0.3 is 6.15 Å². The van der Waals surface area contributed by atoms with E-state index < -0.39 is 13.0 Å². The van der Waals surface area contributed by atoms with Gasteiger partial charge in [0.15, 0.2) is 0 Å². The highest BCUT2D eigenvalue weighted by Crippen LogP contribution is 2.29. The third kappa shape index (κ3) is 3.77. The van der Waals surface area contributed by atoms with Crippen LogP contribution in [0.15, 0.2) is 22.7 Å². The number of carbonyl (C=O) groups excluding carboxylic acids is 2. The van der Waals surface area contributed by atoms with E-state index in [0.717, 1.165) is 0 Å². The Morgan fingerprint density at radius 2 is 2.19 bits per heavy atom. The Morgan fingerprint density at radius 1 is 1.52 bits per heavy atom. The van der Waals surface area contributed by atoms with Gasteiger partial charge in [-0.25, -0.2) is 4.98 Å². The highest BCUT2D eigenvalue weighted by Gasteiger charge is 2.17. The van der Waals surface area contributed by atoms with E-state index in [9.17, 15) is 4.39 Å². The number of imidazole rings is 1. The molecule has 112 valence electrons. The summed E-state index contributed by atoms with van der Waals surface area (Å²) in [7, 11) is -2.62. The van der Waals surface area contributed by atoms with E-state index in [2.05, 4.69) is 20.9 Å². The highest BCUT2D eigenvalue weighted by molar-refractivity contribution is 9.10. The van der Waals surface area contributed by atoms with Crippen LogP contribution in [-0.2, 0) is 16.0 Å². The third-order valence-electron chi connectivity index (χ3n) is 2.64. The maximum absolute atomic E-state index is 14.3. The predicted molar refractivity (Wildman–Crippen MR) is 76.9 cm³/mol. The monoisotopic (exact) mass is 359 g/mol. The van der Waals surface area contributed by atoms with Crippen LogP contribution in [0.25, 0.3) is 5.69 Å². The Kier molecular flexibility index (Phi) is 4.68. The van der Waals surface area contributed by atoms with E-state index in [-0.39, 0.29) is 17.6 Å². The van der Waals surface area contributed by atoms with Crippen LogP contribution in [-0.4, -0.2) is 22.7 Å². The largest absolute Gasteiger partial charge is 0.495 e. The summed E-state index contributed by atoms with van der Waals surface area (Å²) < 4.78 is 42.9. The molecular formula is C14H14BrFN2O3. The molecule has 1 aromatic carbocycles. The number of hydrogen-bond acceptors (Lipinski definition) is 4. The van der Waals surface area contributed by atoms with Gasteiger partial charge in [0.1, 0.15) is 11.6 Å². The average molecular weight is 360 g/mol. The van der Waals surface area contributed by atoms with E-state index in [1.807, 2.05) is 6.92 Å². The van der Waals surface area contributed by atoms with Crippen molar-refractivity contribution in [1.82, 2.24) is 9.55 Å². The number of hydrogen-bond donors (Lipinski definition) is 0. The van der Waals surface area contributed by atoms with E-state index in [1.54, 1.807) is 19.1 Å². The van der Waals surface area contributed by atoms with Gasteiger partial charge in [0.25, 0.3) is 0 Å². The van der Waals surface area contributed by atoms with E-state index in [4.69, 9.17) is 18.4 Å². The molecule has 7 heteroatoms. The first-order chi connectivity index (χ1) is 11.1. The summed E-state index contributed by atoms with van der Waals surface area (Å²) >= 11 is 3.25. The lowest BCUT2D eigenvalue weighted by Gasteiger charge is -2.12. The maximum atomic E-state index is 14.3. The van der Waals surface area contributed by atoms with Crippen molar-refractivity contribution >= 4 is 22.1 Å². The zero-order valence-corrected chi connectivity index (χ0v) is 12.9. The molecule has 0 atom stereocenters. The van der Waals surface area contributed by atoms with Crippen LogP contribution in [0.2, 0.25) is 0 Å². The fraction of sp³-hybridized carbons (Fsp3) is 0.286. The Morgan fingerprint density at radius 3 is 2.76 bits per heavy atom. The van der Waals surface area contributed by atoms with Crippen molar-refractivity contribution in [3.05, 3.63) is 40.1 Å². The van der Waals surface area contributed by atoms with Crippen LogP contribution in [0.3, 0.4) is 0 Å². The first-order valence-electron chi connectivity index (χ1n) is 7.36. The molecule has 2 aromatic rings. The van der Waals surface area contributed by atoms with Crippen molar-refractivity contribution in [1.29, 1.82) is 0 Å². The number of halogens is 2. The quantitative estimate of drug-likeness (QED) is 0.844. The second kappa shape index (κ2) is 7.71. The molecule has 0 aliphatic heterocycles. The molecule has 0 fully saturated rings. The molecule has 21 heavy (non-hydrogen) atoms. The van der Waals surface area contributed by atoms with Crippen molar-refractivity contribution in [3.8, 4) is 11.4 Å². The molecule has 0 aliphatic carbocycles. The van der Waals surface area contributed by atoms with Crippen molar-refractivity contribution < 1.29 is 22.8 Å². The van der Waals surface area contributed by atoms with Gasteiger partial charge in [-0.2, -0.15) is 14.0 Å².